The van der Waals surface area contributed by atoms with Crippen LogP contribution in [-0.4, -0.2) is 46.8 Å². The summed E-state index contributed by atoms with van der Waals surface area (Å²) in [7, 11) is 0. The molecule has 1 heterocycles. The number of aliphatic hydroxyl groups is 2. The lowest BCUT2D eigenvalue weighted by Crippen LogP contribution is -2.31. The Morgan fingerprint density at radius 1 is 1.19 bits per heavy atom. The quantitative estimate of drug-likeness (QED) is 0.887. The molecule has 136 valence electrons. The Morgan fingerprint density at radius 2 is 1.96 bits per heavy atom. The number of likely N-dealkylation sites (tertiary alicyclic amines) is 1. The second kappa shape index (κ2) is 6.53. The number of nitrogens with zero attached hydrogens (tertiary/aromatic N) is 1. The number of aryl methyl sites for hydroxylation is 1. The van der Waals surface area contributed by atoms with Gasteiger partial charge in [0.1, 0.15) is 0 Å². The Labute approximate surface area is 154 Å². The van der Waals surface area contributed by atoms with E-state index in [-0.39, 0.29) is 24.3 Å². The zero-order chi connectivity index (χ0) is 18.3. The summed E-state index contributed by atoms with van der Waals surface area (Å²) in [6, 6.07) is 18.0. The molecule has 0 bridgehead atoms. The highest BCUT2D eigenvalue weighted by molar-refractivity contribution is 5.79. The number of hydrogen-bond acceptors (Lipinski definition) is 3. The lowest BCUT2D eigenvalue weighted by molar-refractivity contribution is -0.129. The molecule has 2 N–H and O–H groups in total. The summed E-state index contributed by atoms with van der Waals surface area (Å²) in [6.07, 6.45) is -0.240. The van der Waals surface area contributed by atoms with E-state index in [1.54, 1.807) is 4.90 Å². The van der Waals surface area contributed by atoms with E-state index in [0.717, 1.165) is 16.7 Å². The Balaban J connectivity index is 1.51. The summed E-state index contributed by atoms with van der Waals surface area (Å²) in [4.78, 5) is 14.6. The minimum Gasteiger partial charge on any atom is -0.396 e. The highest BCUT2D eigenvalue weighted by atomic mass is 16.3. The van der Waals surface area contributed by atoms with E-state index >= 15 is 0 Å². The molecular weight excluding hydrogens is 326 g/mol. The van der Waals surface area contributed by atoms with Gasteiger partial charge in [-0.05, 0) is 29.9 Å². The van der Waals surface area contributed by atoms with Crippen LogP contribution in [0.2, 0.25) is 0 Å². The molecule has 0 radical (unpaired) electrons. The maximum absolute atomic E-state index is 12.8. The van der Waals surface area contributed by atoms with Crippen molar-refractivity contribution < 1.29 is 15.0 Å². The number of benzene rings is 2. The van der Waals surface area contributed by atoms with E-state index < -0.39 is 11.5 Å². The van der Waals surface area contributed by atoms with Gasteiger partial charge in [-0.1, -0.05) is 60.2 Å². The van der Waals surface area contributed by atoms with E-state index in [9.17, 15) is 15.0 Å². The Morgan fingerprint density at radius 3 is 2.65 bits per heavy atom. The smallest absolute Gasteiger partial charge is 0.227 e. The average Bonchev–Trinajstić information content (AvgIpc) is 3.17. The second-order valence-corrected chi connectivity index (χ2v) is 7.75. The van der Waals surface area contributed by atoms with Gasteiger partial charge in [-0.2, -0.15) is 0 Å². The van der Waals surface area contributed by atoms with Crippen molar-refractivity contribution in [2.45, 2.75) is 25.4 Å². The fourth-order valence-corrected chi connectivity index (χ4v) is 4.87. The summed E-state index contributed by atoms with van der Waals surface area (Å²) in [5.74, 6) is 0.166. The molecule has 1 saturated carbocycles. The fraction of sp³-hybridized carbons (Fsp3) is 0.409. The van der Waals surface area contributed by atoms with Crippen molar-refractivity contribution in [3.8, 4) is 0 Å². The van der Waals surface area contributed by atoms with Crippen LogP contribution in [0.3, 0.4) is 0 Å². The summed E-state index contributed by atoms with van der Waals surface area (Å²) in [6.45, 7) is 2.92. The number of rotatable bonds is 4. The molecule has 1 aliphatic heterocycles. The first-order valence-electron chi connectivity index (χ1n) is 9.23. The van der Waals surface area contributed by atoms with Crippen LogP contribution in [0.1, 0.15) is 22.6 Å². The van der Waals surface area contributed by atoms with E-state index in [1.165, 1.54) is 0 Å². The highest BCUT2D eigenvalue weighted by Crippen LogP contribution is 2.68. The standard InChI is InChI=1S/C22H25NO3/c1-15-6-5-7-16(10-15)11-20(26)23-12-19(25)22(14-23)18(13-24)21(22)17-8-3-2-4-9-17/h2-10,18-19,21,24-25H,11-14H2,1H3/t18-,19+,21-,22-/m1/s1. The number of amides is 1. The number of aliphatic hydroxyl groups excluding tert-OH is 2. The zero-order valence-corrected chi connectivity index (χ0v) is 15.0. The molecule has 2 aliphatic rings. The van der Waals surface area contributed by atoms with Gasteiger partial charge in [-0.25, -0.2) is 0 Å². The molecule has 0 aromatic heterocycles. The molecule has 1 saturated heterocycles. The Hall–Kier alpha value is -2.17. The van der Waals surface area contributed by atoms with Crippen LogP contribution in [0, 0.1) is 18.3 Å². The largest absolute Gasteiger partial charge is 0.396 e. The van der Waals surface area contributed by atoms with Crippen LogP contribution >= 0.6 is 0 Å². The van der Waals surface area contributed by atoms with Gasteiger partial charge in [0.15, 0.2) is 0 Å². The van der Waals surface area contributed by atoms with Gasteiger partial charge in [-0.15, -0.1) is 0 Å². The van der Waals surface area contributed by atoms with E-state index in [1.807, 2.05) is 61.5 Å². The Bertz CT molecular complexity index is 806. The third-order valence-electron chi connectivity index (χ3n) is 6.19. The van der Waals surface area contributed by atoms with Crippen molar-refractivity contribution in [2.75, 3.05) is 19.7 Å². The van der Waals surface area contributed by atoms with Crippen LogP contribution in [0.4, 0.5) is 0 Å². The first-order chi connectivity index (χ1) is 12.6. The monoisotopic (exact) mass is 351 g/mol. The van der Waals surface area contributed by atoms with Crippen LogP contribution in [0.15, 0.2) is 54.6 Å². The zero-order valence-electron chi connectivity index (χ0n) is 15.0. The minimum absolute atomic E-state index is 0.0108. The van der Waals surface area contributed by atoms with Gasteiger partial charge in [0.2, 0.25) is 5.91 Å². The minimum atomic E-state index is -0.591. The van der Waals surface area contributed by atoms with E-state index in [2.05, 4.69) is 0 Å². The first kappa shape index (κ1) is 17.3. The number of carbonyl (C=O) groups is 1. The van der Waals surface area contributed by atoms with Gasteiger partial charge in [0.25, 0.3) is 0 Å². The maximum atomic E-state index is 12.8. The molecule has 2 aromatic rings. The van der Waals surface area contributed by atoms with Crippen LogP contribution in [-0.2, 0) is 11.2 Å². The first-order valence-corrected chi connectivity index (χ1v) is 9.23. The van der Waals surface area contributed by atoms with Gasteiger partial charge in [0.05, 0.1) is 12.5 Å². The molecule has 1 spiro atoms. The summed E-state index contributed by atoms with van der Waals surface area (Å²) >= 11 is 0. The van der Waals surface area contributed by atoms with Crippen LogP contribution in [0.25, 0.3) is 0 Å². The molecule has 4 rings (SSSR count). The topological polar surface area (TPSA) is 60.8 Å². The molecule has 2 aromatic carbocycles. The lowest BCUT2D eigenvalue weighted by atomic mass is 9.95. The molecule has 26 heavy (non-hydrogen) atoms. The number of hydrogen-bond donors (Lipinski definition) is 2. The molecule has 1 amide bonds. The highest BCUT2D eigenvalue weighted by Gasteiger charge is 2.71. The number of β-amino-alcohol motifs (C(OH)–C–C–N with tert-alkyl or cyclic N) is 1. The van der Waals surface area contributed by atoms with Crippen molar-refractivity contribution in [3.63, 3.8) is 0 Å². The second-order valence-electron chi connectivity index (χ2n) is 7.75. The molecule has 0 unspecified atom stereocenters. The van der Waals surface area contributed by atoms with Crippen molar-refractivity contribution in [2.24, 2.45) is 11.3 Å². The normalized spacial score (nSPS) is 30.0. The maximum Gasteiger partial charge on any atom is 0.227 e. The number of carbonyl (C=O) groups excluding carboxylic acids is 1. The predicted octanol–water partition coefficient (Wildman–Crippen LogP) is 2.13. The van der Waals surface area contributed by atoms with Gasteiger partial charge < -0.3 is 15.1 Å². The van der Waals surface area contributed by atoms with Gasteiger partial charge in [0, 0.05) is 25.1 Å². The fourth-order valence-electron chi connectivity index (χ4n) is 4.87. The Kier molecular flexibility index (Phi) is 4.33. The molecular formula is C22H25NO3. The van der Waals surface area contributed by atoms with Crippen LogP contribution < -0.4 is 0 Å². The molecule has 1 aliphatic carbocycles. The van der Waals surface area contributed by atoms with E-state index in [4.69, 9.17) is 0 Å². The summed E-state index contributed by atoms with van der Waals surface area (Å²) in [5, 5.41) is 20.6. The van der Waals surface area contributed by atoms with Crippen molar-refractivity contribution in [1.82, 2.24) is 4.90 Å². The lowest BCUT2D eigenvalue weighted by Gasteiger charge is -2.17. The van der Waals surface area contributed by atoms with Gasteiger partial charge in [-0.3, -0.25) is 4.79 Å². The van der Waals surface area contributed by atoms with E-state index in [0.29, 0.717) is 19.5 Å². The van der Waals surface area contributed by atoms with Crippen molar-refractivity contribution in [3.05, 3.63) is 71.3 Å². The van der Waals surface area contributed by atoms with Crippen molar-refractivity contribution in [1.29, 1.82) is 0 Å². The van der Waals surface area contributed by atoms with Gasteiger partial charge >= 0.3 is 0 Å². The molecule has 4 heteroatoms. The third kappa shape index (κ3) is 2.74. The average molecular weight is 351 g/mol. The summed E-state index contributed by atoms with van der Waals surface area (Å²) in [5.41, 5.74) is 2.87. The SMILES string of the molecule is Cc1cccc(CC(=O)N2C[C@H](O)[C@@]3(C2)[C@H](CO)[C@H]3c2ccccc2)c1. The predicted molar refractivity (Wildman–Crippen MR) is 99.7 cm³/mol. The molecule has 2 fully saturated rings. The molecule has 4 nitrogen and oxygen atoms in total. The summed E-state index contributed by atoms with van der Waals surface area (Å²) < 4.78 is 0. The van der Waals surface area contributed by atoms with Crippen molar-refractivity contribution >= 4 is 5.91 Å². The third-order valence-corrected chi connectivity index (χ3v) is 6.19. The van der Waals surface area contributed by atoms with Crippen LogP contribution in [0.5, 0.6) is 0 Å². The molecule has 4 atom stereocenters.